The van der Waals surface area contributed by atoms with Crippen molar-refractivity contribution in [1.82, 2.24) is 25.9 Å². The van der Waals surface area contributed by atoms with E-state index in [1.54, 1.807) is 12.1 Å². The van der Waals surface area contributed by atoms with Gasteiger partial charge in [-0.05, 0) is 81.6 Å². The second-order valence-corrected chi connectivity index (χ2v) is 14.1. The van der Waals surface area contributed by atoms with Gasteiger partial charge in [0.1, 0.15) is 11.9 Å². The van der Waals surface area contributed by atoms with Gasteiger partial charge in [0.25, 0.3) is 0 Å². The molecule has 2 aliphatic rings. The summed E-state index contributed by atoms with van der Waals surface area (Å²) in [5, 5.41) is 22.8. The van der Waals surface area contributed by atoms with Crippen molar-refractivity contribution < 1.29 is 9.18 Å². The number of hydrogen-bond donors (Lipinski definition) is 5. The maximum absolute atomic E-state index is 13.9. The average Bonchev–Trinajstić information content (AvgIpc) is 3.55. The molecule has 10 nitrogen and oxygen atoms in total. The van der Waals surface area contributed by atoms with Gasteiger partial charge < -0.3 is 21.4 Å². The third-order valence-corrected chi connectivity index (χ3v) is 9.39. The number of anilines is 4. The summed E-state index contributed by atoms with van der Waals surface area (Å²) in [6.45, 7) is 10.2. The number of nitrogens with one attached hydrogen (secondary N) is 5. The van der Waals surface area contributed by atoms with Crippen LogP contribution in [0.5, 0.6) is 0 Å². The normalized spacial score (nSPS) is 16.1. The van der Waals surface area contributed by atoms with E-state index in [0.29, 0.717) is 44.7 Å². The number of rotatable bonds is 8. The van der Waals surface area contributed by atoms with Crippen LogP contribution in [-0.4, -0.2) is 45.5 Å². The minimum Gasteiger partial charge on any atom is -0.373 e. The highest BCUT2D eigenvalue weighted by Crippen LogP contribution is 2.38. The van der Waals surface area contributed by atoms with Gasteiger partial charge in [-0.25, -0.2) is 4.39 Å². The molecule has 1 atom stereocenters. The van der Waals surface area contributed by atoms with Gasteiger partial charge >= 0.3 is 0 Å². The van der Waals surface area contributed by atoms with Crippen LogP contribution in [0.4, 0.5) is 27.1 Å². The number of pyridine rings is 1. The summed E-state index contributed by atoms with van der Waals surface area (Å²) in [6, 6.07) is 17.6. The number of likely N-dealkylation sites (tertiary alicyclic amines) is 1. The van der Waals surface area contributed by atoms with Crippen molar-refractivity contribution >= 4 is 62.8 Å². The molecule has 2 aliphatic heterocycles. The van der Waals surface area contributed by atoms with Crippen molar-refractivity contribution in [3.05, 3.63) is 99.7 Å². The number of piperidine rings is 1. The number of aromatic nitrogens is 1. The van der Waals surface area contributed by atoms with Crippen molar-refractivity contribution in [2.75, 3.05) is 29.0 Å². The topological polar surface area (TPSA) is 120 Å². The molecular formula is C36H38Cl2FN9O. The molecule has 1 saturated heterocycles. The number of hydrazine groups is 2. The summed E-state index contributed by atoms with van der Waals surface area (Å²) < 4.78 is 13.9. The maximum atomic E-state index is 13.9. The van der Waals surface area contributed by atoms with Crippen LogP contribution < -0.4 is 26.9 Å². The predicted octanol–water partition coefficient (Wildman–Crippen LogP) is 7.84. The SMILES string of the molecule is CC(=O)Nc1cccc([C@H](Nc2cc(Cl)c3ncc(C#N)c(Nc4ccc(F)c(Cl)c4)c3c2)C2=CN(C3CCN(C(C)(C)C)CC3)NN2)c1. The molecule has 3 aromatic carbocycles. The summed E-state index contributed by atoms with van der Waals surface area (Å²) in [4.78, 5) is 18.9. The van der Waals surface area contributed by atoms with E-state index in [-0.39, 0.29) is 22.0 Å². The van der Waals surface area contributed by atoms with Gasteiger partial charge in [0.15, 0.2) is 0 Å². The largest absolute Gasteiger partial charge is 0.373 e. The molecule has 0 radical (unpaired) electrons. The Hall–Kier alpha value is -4.60. The molecule has 1 amide bonds. The molecule has 0 saturated carbocycles. The Balaban J connectivity index is 1.37. The lowest BCUT2D eigenvalue weighted by molar-refractivity contribution is -0.114. The Kier molecular flexibility index (Phi) is 9.86. The number of carbonyl (C=O) groups excluding carboxylic acids is 1. The van der Waals surface area contributed by atoms with E-state index < -0.39 is 11.9 Å². The zero-order valence-electron chi connectivity index (χ0n) is 27.7. The predicted molar refractivity (Wildman–Crippen MR) is 194 cm³/mol. The van der Waals surface area contributed by atoms with Gasteiger partial charge in [-0.1, -0.05) is 35.3 Å². The van der Waals surface area contributed by atoms with Crippen LogP contribution in [0.1, 0.15) is 57.7 Å². The lowest BCUT2D eigenvalue weighted by Crippen LogP contribution is -2.52. The van der Waals surface area contributed by atoms with Gasteiger partial charge in [0, 0.05) is 66.4 Å². The van der Waals surface area contributed by atoms with Crippen LogP contribution >= 0.6 is 23.2 Å². The lowest BCUT2D eigenvalue weighted by Gasteiger charge is -2.42. The molecule has 1 aromatic heterocycles. The Morgan fingerprint density at radius 3 is 2.51 bits per heavy atom. The molecule has 0 unspecified atom stereocenters. The number of halogens is 3. The van der Waals surface area contributed by atoms with E-state index in [0.717, 1.165) is 37.2 Å². The van der Waals surface area contributed by atoms with Crippen molar-refractivity contribution in [2.24, 2.45) is 0 Å². The second kappa shape index (κ2) is 14.1. The van der Waals surface area contributed by atoms with Crippen molar-refractivity contribution in [2.45, 2.75) is 58.2 Å². The quantitative estimate of drug-likeness (QED) is 0.125. The Morgan fingerprint density at radius 2 is 1.82 bits per heavy atom. The minimum absolute atomic E-state index is 0.0497. The molecule has 13 heteroatoms. The van der Waals surface area contributed by atoms with Crippen LogP contribution in [0.25, 0.3) is 10.9 Å². The monoisotopic (exact) mass is 701 g/mol. The van der Waals surface area contributed by atoms with Crippen LogP contribution in [0.15, 0.2) is 72.7 Å². The Bertz CT molecular complexity index is 1960. The van der Waals surface area contributed by atoms with Crippen LogP contribution in [-0.2, 0) is 4.79 Å². The number of hydrogen-bond acceptors (Lipinski definition) is 9. The van der Waals surface area contributed by atoms with Gasteiger partial charge in [-0.2, -0.15) is 5.26 Å². The third-order valence-electron chi connectivity index (χ3n) is 8.81. The second-order valence-electron chi connectivity index (χ2n) is 13.3. The first-order chi connectivity index (χ1) is 23.4. The molecule has 6 rings (SSSR count). The van der Waals surface area contributed by atoms with Gasteiger partial charge in [0.2, 0.25) is 5.91 Å². The zero-order chi connectivity index (χ0) is 34.9. The first-order valence-corrected chi connectivity index (χ1v) is 16.8. The molecule has 49 heavy (non-hydrogen) atoms. The number of amides is 1. The van der Waals surface area contributed by atoms with Crippen LogP contribution in [0.2, 0.25) is 10.0 Å². The van der Waals surface area contributed by atoms with E-state index in [9.17, 15) is 14.4 Å². The summed E-state index contributed by atoms with van der Waals surface area (Å²) in [5.74, 6) is -0.715. The van der Waals surface area contributed by atoms with Crippen molar-refractivity contribution in [3.63, 3.8) is 0 Å². The Labute approximate surface area is 295 Å². The summed E-state index contributed by atoms with van der Waals surface area (Å²) in [5.41, 5.74) is 11.6. The van der Waals surface area contributed by atoms with Gasteiger partial charge in [-0.3, -0.25) is 19.7 Å². The molecule has 0 spiro atoms. The van der Waals surface area contributed by atoms with E-state index in [1.807, 2.05) is 30.3 Å². The van der Waals surface area contributed by atoms with Crippen LogP contribution in [0, 0.1) is 17.1 Å². The first kappa shape index (κ1) is 34.3. The fraction of sp³-hybridized carbons (Fsp3) is 0.306. The highest BCUT2D eigenvalue weighted by molar-refractivity contribution is 6.36. The number of nitriles is 1. The zero-order valence-corrected chi connectivity index (χ0v) is 29.2. The summed E-state index contributed by atoms with van der Waals surface area (Å²) in [6.07, 6.45) is 5.55. The van der Waals surface area contributed by atoms with E-state index in [1.165, 1.54) is 25.3 Å². The molecule has 3 heterocycles. The number of benzene rings is 3. The van der Waals surface area contributed by atoms with E-state index >= 15 is 0 Å². The molecule has 0 bridgehead atoms. The van der Waals surface area contributed by atoms with Gasteiger partial charge in [0.05, 0.1) is 38.6 Å². The fourth-order valence-electron chi connectivity index (χ4n) is 6.29. The maximum Gasteiger partial charge on any atom is 0.221 e. The smallest absolute Gasteiger partial charge is 0.221 e. The summed E-state index contributed by atoms with van der Waals surface area (Å²) >= 11 is 12.9. The van der Waals surface area contributed by atoms with Crippen molar-refractivity contribution in [1.29, 1.82) is 5.26 Å². The van der Waals surface area contributed by atoms with Crippen molar-refractivity contribution in [3.8, 4) is 6.07 Å². The lowest BCUT2D eigenvalue weighted by atomic mass is 9.97. The first-order valence-electron chi connectivity index (χ1n) is 16.0. The summed E-state index contributed by atoms with van der Waals surface area (Å²) in [7, 11) is 0. The number of fused-ring (bicyclic) bond motifs is 1. The molecule has 4 aromatic rings. The van der Waals surface area contributed by atoms with E-state index in [2.05, 4.69) is 74.8 Å². The van der Waals surface area contributed by atoms with Gasteiger partial charge in [-0.15, -0.1) is 5.53 Å². The average molecular weight is 703 g/mol. The molecule has 1 fully saturated rings. The fourth-order valence-corrected chi connectivity index (χ4v) is 6.74. The number of carbonyl (C=O) groups is 1. The molecule has 0 aliphatic carbocycles. The number of nitrogens with zero attached hydrogens (tertiary/aromatic N) is 4. The van der Waals surface area contributed by atoms with Crippen LogP contribution in [0.3, 0.4) is 0 Å². The molecular weight excluding hydrogens is 664 g/mol. The Morgan fingerprint density at radius 1 is 1.06 bits per heavy atom. The highest BCUT2D eigenvalue weighted by Gasteiger charge is 2.32. The van der Waals surface area contributed by atoms with E-state index in [4.69, 9.17) is 23.2 Å². The minimum atomic E-state index is -0.547. The third kappa shape index (κ3) is 7.68. The highest BCUT2D eigenvalue weighted by atomic mass is 35.5. The standard InChI is InChI=1S/C36H38Cl2FN9O/c1-21(49)42-24-7-5-6-22(14-24)34(32-20-48(46-45-32)27-10-12-47(13-11-27)36(2,3)4)44-26-15-28-33(43-25-8-9-31(39)29(37)16-25)23(18-40)19-41-35(28)30(38)17-26/h5-9,14-17,19-20,27,34,44-46H,10-13H2,1-4H3,(H,41,43)(H,42,49)/t34-/m0/s1. The molecule has 254 valence electrons. The molecule has 5 N–H and O–H groups in total.